The van der Waals surface area contributed by atoms with Gasteiger partial charge in [0.15, 0.2) is 0 Å². The topological polar surface area (TPSA) is 49.4 Å². The zero-order valence-corrected chi connectivity index (χ0v) is 7.26. The number of nitrogens with one attached hydrogen (secondary N) is 1. The molecule has 0 fully saturated rings. The van der Waals surface area contributed by atoms with Crippen LogP contribution < -0.4 is 5.32 Å². The lowest BCUT2D eigenvalue weighted by molar-refractivity contribution is 0.505. The van der Waals surface area contributed by atoms with E-state index in [-0.39, 0.29) is 5.75 Å². The van der Waals surface area contributed by atoms with Gasteiger partial charge in [-0.05, 0) is 6.42 Å². The predicted octanol–water partition coefficient (Wildman–Crippen LogP) is 0.0601. The van der Waals surface area contributed by atoms with Crippen LogP contribution in [0.2, 0.25) is 0 Å². The van der Waals surface area contributed by atoms with Crippen molar-refractivity contribution in [3.8, 4) is 0 Å². The summed E-state index contributed by atoms with van der Waals surface area (Å²) in [5, 5.41) is 2.80. The Morgan fingerprint density at radius 1 is 1.64 bits per heavy atom. The molecule has 0 amide bonds. The van der Waals surface area contributed by atoms with Crippen molar-refractivity contribution >= 4 is 10.0 Å². The molecule has 5 heteroatoms. The molecule has 0 saturated carbocycles. The van der Waals surface area contributed by atoms with Crippen molar-refractivity contribution in [2.45, 2.75) is 13.3 Å². The molecule has 1 heterocycles. The lowest BCUT2D eigenvalue weighted by Crippen LogP contribution is -2.29. The molecule has 0 aliphatic carbocycles. The number of nitrogens with zero attached hydrogens (tertiary/aromatic N) is 1. The minimum absolute atomic E-state index is 0.221. The highest BCUT2D eigenvalue weighted by Gasteiger charge is 2.18. The maximum atomic E-state index is 11.3. The Bertz CT molecular complexity index is 245. The van der Waals surface area contributed by atoms with Crippen molar-refractivity contribution in [1.29, 1.82) is 0 Å². The van der Waals surface area contributed by atoms with E-state index in [1.54, 1.807) is 12.4 Å². The van der Waals surface area contributed by atoms with Crippen molar-refractivity contribution in [1.82, 2.24) is 9.62 Å². The van der Waals surface area contributed by atoms with E-state index in [0.717, 1.165) is 0 Å². The zero-order valence-electron chi connectivity index (χ0n) is 6.45. The van der Waals surface area contributed by atoms with Gasteiger partial charge in [0.05, 0.1) is 5.75 Å². The van der Waals surface area contributed by atoms with E-state index < -0.39 is 10.0 Å². The van der Waals surface area contributed by atoms with Crippen molar-refractivity contribution in [2.75, 3.05) is 12.4 Å². The van der Waals surface area contributed by atoms with Crippen molar-refractivity contribution in [2.24, 2.45) is 0 Å². The quantitative estimate of drug-likeness (QED) is 0.661. The van der Waals surface area contributed by atoms with Gasteiger partial charge in [0, 0.05) is 12.4 Å². The summed E-state index contributed by atoms with van der Waals surface area (Å²) in [4.78, 5) is 0. The van der Waals surface area contributed by atoms with Gasteiger partial charge in [-0.2, -0.15) is 0 Å². The molecule has 0 unspecified atom stereocenters. The highest BCUT2D eigenvalue weighted by atomic mass is 32.2. The second-order valence-electron chi connectivity index (χ2n) is 2.38. The van der Waals surface area contributed by atoms with Crippen LogP contribution in [0.4, 0.5) is 0 Å². The largest absolute Gasteiger partial charge is 0.372 e. The number of hydrogen-bond donors (Lipinski definition) is 1. The first-order valence-electron chi connectivity index (χ1n) is 3.56. The van der Waals surface area contributed by atoms with Gasteiger partial charge in [0.25, 0.3) is 0 Å². The minimum Gasteiger partial charge on any atom is -0.372 e. The van der Waals surface area contributed by atoms with Gasteiger partial charge in [-0.3, -0.25) is 4.31 Å². The molecule has 0 aromatic heterocycles. The first-order valence-corrected chi connectivity index (χ1v) is 5.17. The fourth-order valence-corrected chi connectivity index (χ4v) is 2.17. The average molecular weight is 176 g/mol. The van der Waals surface area contributed by atoms with Crippen molar-refractivity contribution in [3.05, 3.63) is 12.4 Å². The third-order valence-corrected chi connectivity index (χ3v) is 3.31. The van der Waals surface area contributed by atoms with E-state index in [0.29, 0.717) is 13.1 Å². The van der Waals surface area contributed by atoms with Crippen LogP contribution in [0.5, 0.6) is 0 Å². The summed E-state index contributed by atoms with van der Waals surface area (Å²) in [5.41, 5.74) is 0. The molecule has 1 aliphatic rings. The first-order chi connectivity index (χ1) is 5.17. The highest BCUT2D eigenvalue weighted by Crippen LogP contribution is 2.05. The smallest absolute Gasteiger partial charge is 0.236 e. The van der Waals surface area contributed by atoms with Gasteiger partial charge in [0.2, 0.25) is 10.0 Å². The maximum Gasteiger partial charge on any atom is 0.236 e. The van der Waals surface area contributed by atoms with Crippen LogP contribution in [0.25, 0.3) is 0 Å². The van der Waals surface area contributed by atoms with Gasteiger partial charge in [0.1, 0.15) is 6.67 Å². The van der Waals surface area contributed by atoms with Crippen LogP contribution in [-0.4, -0.2) is 25.1 Å². The molecule has 11 heavy (non-hydrogen) atoms. The van der Waals surface area contributed by atoms with Crippen LogP contribution >= 0.6 is 0 Å². The molecule has 64 valence electrons. The van der Waals surface area contributed by atoms with Crippen molar-refractivity contribution in [3.63, 3.8) is 0 Å². The molecule has 0 spiro atoms. The molecule has 1 aliphatic heterocycles. The van der Waals surface area contributed by atoms with Gasteiger partial charge in [-0.25, -0.2) is 8.42 Å². The maximum absolute atomic E-state index is 11.3. The van der Waals surface area contributed by atoms with Gasteiger partial charge in [-0.1, -0.05) is 6.92 Å². The molecule has 0 aromatic carbocycles. The summed E-state index contributed by atoms with van der Waals surface area (Å²) in [6.07, 6.45) is 3.84. The summed E-state index contributed by atoms with van der Waals surface area (Å²) in [7, 11) is -3.03. The van der Waals surface area contributed by atoms with E-state index in [2.05, 4.69) is 5.32 Å². The van der Waals surface area contributed by atoms with Crippen LogP contribution in [0.1, 0.15) is 13.3 Å². The molecule has 4 nitrogen and oxygen atoms in total. The fourth-order valence-electron chi connectivity index (χ4n) is 0.897. The second kappa shape index (κ2) is 3.13. The molecule has 1 rings (SSSR count). The SMILES string of the molecule is CCCS(=O)(=O)N1C=CNC1. The summed E-state index contributed by atoms with van der Waals surface area (Å²) in [5.74, 6) is 0.221. The Morgan fingerprint density at radius 2 is 2.36 bits per heavy atom. The van der Waals surface area contributed by atoms with Gasteiger partial charge >= 0.3 is 0 Å². The Hall–Kier alpha value is -0.710. The van der Waals surface area contributed by atoms with Crippen LogP contribution in [0, 0.1) is 0 Å². The Labute approximate surface area is 66.9 Å². The summed E-state index contributed by atoms with van der Waals surface area (Å²) >= 11 is 0. The zero-order chi connectivity index (χ0) is 8.32. The monoisotopic (exact) mass is 176 g/mol. The Balaban J connectivity index is 2.64. The molecule has 0 aromatic rings. The van der Waals surface area contributed by atoms with Crippen LogP contribution in [0.3, 0.4) is 0 Å². The second-order valence-corrected chi connectivity index (χ2v) is 4.42. The highest BCUT2D eigenvalue weighted by molar-refractivity contribution is 7.89. The third-order valence-electron chi connectivity index (χ3n) is 1.43. The molecular formula is C6H12N2O2S. The molecule has 0 saturated heterocycles. The first kappa shape index (κ1) is 8.39. The number of rotatable bonds is 3. The summed E-state index contributed by atoms with van der Waals surface area (Å²) in [6, 6.07) is 0. The van der Waals surface area contributed by atoms with Crippen LogP contribution in [0.15, 0.2) is 12.4 Å². The fraction of sp³-hybridized carbons (Fsp3) is 0.667. The summed E-state index contributed by atoms with van der Waals surface area (Å²) < 4.78 is 23.9. The third kappa shape index (κ3) is 1.86. The molecule has 0 bridgehead atoms. The van der Waals surface area contributed by atoms with Gasteiger partial charge < -0.3 is 5.32 Å². The van der Waals surface area contributed by atoms with Crippen LogP contribution in [-0.2, 0) is 10.0 Å². The molecular weight excluding hydrogens is 164 g/mol. The molecule has 1 N–H and O–H groups in total. The minimum atomic E-state index is -3.03. The lowest BCUT2D eigenvalue weighted by atomic mass is 10.6. The van der Waals surface area contributed by atoms with E-state index in [4.69, 9.17) is 0 Å². The van der Waals surface area contributed by atoms with E-state index >= 15 is 0 Å². The van der Waals surface area contributed by atoms with E-state index in [9.17, 15) is 8.42 Å². The average Bonchev–Trinajstić information content (AvgIpc) is 2.37. The number of sulfonamides is 1. The Morgan fingerprint density at radius 3 is 2.82 bits per heavy atom. The lowest BCUT2D eigenvalue weighted by Gasteiger charge is -2.13. The molecule has 0 radical (unpaired) electrons. The standard InChI is InChI=1S/C6H12N2O2S/c1-2-5-11(9,10)8-4-3-7-6-8/h3-4,7H,2,5-6H2,1H3. The van der Waals surface area contributed by atoms with Gasteiger partial charge in [-0.15, -0.1) is 0 Å². The van der Waals surface area contributed by atoms with E-state index in [1.165, 1.54) is 4.31 Å². The molecule has 0 atom stereocenters. The predicted molar refractivity (Wildman–Crippen MR) is 43.1 cm³/mol. The summed E-state index contributed by atoms with van der Waals surface area (Å²) in [6.45, 7) is 2.23. The Kier molecular flexibility index (Phi) is 2.38. The number of hydrogen-bond acceptors (Lipinski definition) is 3. The van der Waals surface area contributed by atoms with Crippen molar-refractivity contribution < 1.29 is 8.42 Å². The van der Waals surface area contributed by atoms with E-state index in [1.807, 2.05) is 6.92 Å². The normalized spacial score (nSPS) is 17.0.